The summed E-state index contributed by atoms with van der Waals surface area (Å²) >= 11 is 0. The molecule has 0 radical (unpaired) electrons. The quantitative estimate of drug-likeness (QED) is 0.683. The second kappa shape index (κ2) is 7.24. The second-order valence-corrected chi connectivity index (χ2v) is 8.03. The van der Waals surface area contributed by atoms with Crippen molar-refractivity contribution in [1.82, 2.24) is 9.88 Å². The number of sulfone groups is 1. The number of aromatic nitrogens is 1. The Hall–Kier alpha value is -1.71. The molecule has 1 aromatic rings. The summed E-state index contributed by atoms with van der Waals surface area (Å²) in [6, 6.07) is 3.24. The van der Waals surface area contributed by atoms with E-state index in [-0.39, 0.29) is 5.75 Å². The van der Waals surface area contributed by atoms with Crippen molar-refractivity contribution < 1.29 is 18.3 Å². The number of hydrogen-bond acceptors (Lipinski definition) is 7. The SMILES string of the molecule is CS(=O)(=O)CCN1CCN(c2ncccc2C(N)=O)C[C@H](O)C1. The molecule has 0 unspecified atom stereocenters. The van der Waals surface area contributed by atoms with E-state index in [9.17, 15) is 18.3 Å². The number of anilines is 1. The van der Waals surface area contributed by atoms with Gasteiger partial charge >= 0.3 is 0 Å². The molecule has 0 bridgehead atoms. The van der Waals surface area contributed by atoms with Crippen LogP contribution < -0.4 is 10.6 Å². The molecule has 0 aliphatic carbocycles. The van der Waals surface area contributed by atoms with Crippen molar-refractivity contribution in [3.8, 4) is 0 Å². The maximum absolute atomic E-state index is 11.5. The lowest BCUT2D eigenvalue weighted by Crippen LogP contribution is -2.36. The van der Waals surface area contributed by atoms with Gasteiger partial charge in [0.15, 0.2) is 0 Å². The zero-order valence-corrected chi connectivity index (χ0v) is 13.9. The van der Waals surface area contributed by atoms with Crippen molar-refractivity contribution in [2.24, 2.45) is 5.73 Å². The summed E-state index contributed by atoms with van der Waals surface area (Å²) in [5.41, 5.74) is 5.68. The van der Waals surface area contributed by atoms with Gasteiger partial charge in [-0.3, -0.25) is 9.69 Å². The highest BCUT2D eigenvalue weighted by Gasteiger charge is 2.25. The minimum absolute atomic E-state index is 0.0514. The molecular formula is C14H22N4O4S. The average molecular weight is 342 g/mol. The molecule has 9 heteroatoms. The summed E-state index contributed by atoms with van der Waals surface area (Å²) in [6.07, 6.45) is 2.10. The number of nitrogens with two attached hydrogens (primary N) is 1. The Bertz CT molecular complexity index is 664. The molecule has 1 aliphatic rings. The van der Waals surface area contributed by atoms with Gasteiger partial charge in [-0.15, -0.1) is 0 Å². The smallest absolute Gasteiger partial charge is 0.252 e. The van der Waals surface area contributed by atoms with Crippen LogP contribution >= 0.6 is 0 Å². The maximum atomic E-state index is 11.5. The summed E-state index contributed by atoms with van der Waals surface area (Å²) in [4.78, 5) is 19.4. The monoisotopic (exact) mass is 342 g/mol. The van der Waals surface area contributed by atoms with E-state index in [1.165, 1.54) is 6.26 Å². The molecule has 3 N–H and O–H groups in total. The molecule has 0 spiro atoms. The largest absolute Gasteiger partial charge is 0.390 e. The van der Waals surface area contributed by atoms with Gasteiger partial charge in [0.25, 0.3) is 5.91 Å². The van der Waals surface area contributed by atoms with Crippen molar-refractivity contribution in [2.45, 2.75) is 6.10 Å². The van der Waals surface area contributed by atoms with Gasteiger partial charge in [0, 0.05) is 45.2 Å². The number of primary amides is 1. The molecule has 2 rings (SSSR count). The predicted molar refractivity (Wildman–Crippen MR) is 87.1 cm³/mol. The molecule has 0 saturated carbocycles. The van der Waals surface area contributed by atoms with E-state index in [1.807, 2.05) is 9.80 Å². The van der Waals surface area contributed by atoms with Crippen molar-refractivity contribution in [3.05, 3.63) is 23.9 Å². The highest BCUT2D eigenvalue weighted by atomic mass is 32.2. The summed E-state index contributed by atoms with van der Waals surface area (Å²) in [5.74, 6) is -0.0691. The lowest BCUT2D eigenvalue weighted by molar-refractivity contribution is 0.1000. The summed E-state index contributed by atoms with van der Waals surface area (Å²) < 4.78 is 22.6. The van der Waals surface area contributed by atoms with Gasteiger partial charge in [0.05, 0.1) is 17.4 Å². The Morgan fingerprint density at radius 3 is 2.83 bits per heavy atom. The number of aliphatic hydroxyl groups is 1. The molecule has 1 saturated heterocycles. The molecule has 8 nitrogen and oxygen atoms in total. The molecule has 1 aliphatic heterocycles. The van der Waals surface area contributed by atoms with Crippen molar-refractivity contribution >= 4 is 21.6 Å². The molecule has 1 atom stereocenters. The van der Waals surface area contributed by atoms with E-state index in [0.29, 0.717) is 44.1 Å². The van der Waals surface area contributed by atoms with Crippen LogP contribution in [0.2, 0.25) is 0 Å². The average Bonchev–Trinajstić information content (AvgIpc) is 2.66. The van der Waals surface area contributed by atoms with E-state index < -0.39 is 21.8 Å². The Morgan fingerprint density at radius 2 is 2.17 bits per heavy atom. The summed E-state index contributed by atoms with van der Waals surface area (Å²) in [6.45, 7) is 2.16. The molecule has 23 heavy (non-hydrogen) atoms. The normalized spacial score (nSPS) is 20.3. The van der Waals surface area contributed by atoms with Crippen LogP contribution in [0.15, 0.2) is 18.3 Å². The van der Waals surface area contributed by atoms with Crippen LogP contribution in [0.5, 0.6) is 0 Å². The van der Waals surface area contributed by atoms with Crippen molar-refractivity contribution in [2.75, 3.05) is 49.6 Å². The van der Waals surface area contributed by atoms with Crippen LogP contribution in [0.3, 0.4) is 0 Å². The first-order valence-electron chi connectivity index (χ1n) is 7.34. The fourth-order valence-electron chi connectivity index (χ4n) is 2.59. The van der Waals surface area contributed by atoms with Crippen molar-refractivity contribution in [1.29, 1.82) is 0 Å². The van der Waals surface area contributed by atoms with E-state index in [1.54, 1.807) is 18.3 Å². The third kappa shape index (κ3) is 5.15. The fourth-order valence-corrected chi connectivity index (χ4v) is 3.18. The third-order valence-electron chi connectivity index (χ3n) is 3.72. The Kier molecular flexibility index (Phi) is 5.55. The summed E-state index contributed by atoms with van der Waals surface area (Å²) in [5, 5.41) is 10.2. The van der Waals surface area contributed by atoms with Gasteiger partial charge in [-0.2, -0.15) is 0 Å². The molecule has 1 amide bonds. The van der Waals surface area contributed by atoms with Crippen LogP contribution in [-0.2, 0) is 9.84 Å². The molecular weight excluding hydrogens is 320 g/mol. The molecule has 1 aromatic heterocycles. The number of carbonyl (C=O) groups excluding carboxylic acids is 1. The zero-order valence-electron chi connectivity index (χ0n) is 13.1. The topological polar surface area (TPSA) is 117 Å². The minimum Gasteiger partial charge on any atom is -0.390 e. The fraction of sp³-hybridized carbons (Fsp3) is 0.571. The van der Waals surface area contributed by atoms with Crippen LogP contribution in [0.4, 0.5) is 5.82 Å². The lowest BCUT2D eigenvalue weighted by Gasteiger charge is -2.24. The van der Waals surface area contributed by atoms with Crippen molar-refractivity contribution in [3.63, 3.8) is 0 Å². The second-order valence-electron chi connectivity index (χ2n) is 5.77. The van der Waals surface area contributed by atoms with E-state index >= 15 is 0 Å². The van der Waals surface area contributed by atoms with Gasteiger partial charge in [0.1, 0.15) is 15.7 Å². The summed E-state index contributed by atoms with van der Waals surface area (Å²) in [7, 11) is -3.05. The van der Waals surface area contributed by atoms with Crippen LogP contribution in [-0.4, -0.2) is 80.2 Å². The van der Waals surface area contributed by atoms with Gasteiger partial charge in [0.2, 0.25) is 0 Å². The van der Waals surface area contributed by atoms with Gasteiger partial charge in [-0.25, -0.2) is 13.4 Å². The number of aliphatic hydroxyl groups excluding tert-OH is 1. The minimum atomic E-state index is -3.05. The van der Waals surface area contributed by atoms with Crippen LogP contribution in [0.25, 0.3) is 0 Å². The maximum Gasteiger partial charge on any atom is 0.252 e. The highest BCUT2D eigenvalue weighted by molar-refractivity contribution is 7.90. The zero-order chi connectivity index (χ0) is 17.0. The standard InChI is InChI=1S/C14H22N4O4S/c1-23(21,22)8-7-17-5-6-18(10-11(19)9-17)14-12(13(15)20)3-2-4-16-14/h2-4,11,19H,5-10H2,1H3,(H2,15,20)/t11-/m1/s1. The number of hydrogen-bond donors (Lipinski definition) is 2. The van der Waals surface area contributed by atoms with E-state index in [4.69, 9.17) is 5.73 Å². The third-order valence-corrected chi connectivity index (χ3v) is 4.64. The van der Waals surface area contributed by atoms with E-state index in [2.05, 4.69) is 4.98 Å². The number of nitrogens with zero attached hydrogens (tertiary/aromatic N) is 3. The first-order chi connectivity index (χ1) is 10.8. The Labute approximate surface area is 135 Å². The highest BCUT2D eigenvalue weighted by Crippen LogP contribution is 2.18. The van der Waals surface area contributed by atoms with E-state index in [0.717, 1.165) is 0 Å². The number of pyridine rings is 1. The first-order valence-corrected chi connectivity index (χ1v) is 9.40. The molecule has 1 fully saturated rings. The predicted octanol–water partition coefficient (Wildman–Crippen LogP) is -1.29. The Balaban J connectivity index is 2.11. The number of carbonyl (C=O) groups is 1. The Morgan fingerprint density at radius 1 is 1.43 bits per heavy atom. The van der Waals surface area contributed by atoms with Crippen LogP contribution in [0.1, 0.15) is 10.4 Å². The van der Waals surface area contributed by atoms with Gasteiger partial charge in [-0.1, -0.05) is 0 Å². The number of rotatable bonds is 5. The van der Waals surface area contributed by atoms with Crippen LogP contribution in [0, 0.1) is 0 Å². The molecule has 0 aromatic carbocycles. The van der Waals surface area contributed by atoms with Gasteiger partial charge in [-0.05, 0) is 12.1 Å². The number of β-amino-alcohol motifs (C(OH)–C–C–N with tert-alkyl or cyclic N) is 1. The number of amides is 1. The first kappa shape index (κ1) is 17.6. The lowest BCUT2D eigenvalue weighted by atomic mass is 10.2. The molecule has 2 heterocycles. The molecule has 128 valence electrons. The van der Waals surface area contributed by atoms with Gasteiger partial charge < -0.3 is 15.7 Å².